The van der Waals surface area contributed by atoms with E-state index >= 15 is 4.39 Å². The summed E-state index contributed by atoms with van der Waals surface area (Å²) in [5, 5.41) is 3.42. The lowest BCUT2D eigenvalue weighted by atomic mass is 10.1. The Morgan fingerprint density at radius 1 is 1.16 bits per heavy atom. The molecule has 1 aromatic carbocycles. The SMILES string of the molecule is CNc1cc(F)c(F)c2c1[nH]c1nc(Oc3cnc(C)nc3)nc(N3C[C@@H]4[C@@H](N)[C@@H]4C3)c12. The van der Waals surface area contributed by atoms with E-state index < -0.39 is 11.6 Å². The number of aromatic amines is 1. The molecule has 2 aliphatic rings. The molecule has 32 heavy (non-hydrogen) atoms. The first-order valence-electron chi connectivity index (χ1n) is 10.3. The highest BCUT2D eigenvalue weighted by Gasteiger charge is 2.54. The molecule has 3 atom stereocenters. The summed E-state index contributed by atoms with van der Waals surface area (Å²) in [7, 11) is 1.64. The number of nitrogens with one attached hydrogen (secondary N) is 2. The Hall–Kier alpha value is -3.60. The van der Waals surface area contributed by atoms with Crippen LogP contribution < -0.4 is 20.7 Å². The highest BCUT2D eigenvalue weighted by Crippen LogP contribution is 2.47. The Morgan fingerprint density at radius 3 is 2.56 bits per heavy atom. The summed E-state index contributed by atoms with van der Waals surface area (Å²) in [5.74, 6) is 0.305. The van der Waals surface area contributed by atoms with Gasteiger partial charge in [0.2, 0.25) is 0 Å². The van der Waals surface area contributed by atoms with Crippen LogP contribution in [0.25, 0.3) is 21.9 Å². The van der Waals surface area contributed by atoms with Gasteiger partial charge in [0.15, 0.2) is 17.4 Å². The second kappa shape index (κ2) is 6.70. The van der Waals surface area contributed by atoms with E-state index in [-0.39, 0.29) is 17.4 Å². The van der Waals surface area contributed by atoms with Crippen molar-refractivity contribution in [2.24, 2.45) is 17.6 Å². The smallest absolute Gasteiger partial charge is 0.326 e. The zero-order chi connectivity index (χ0) is 22.1. The van der Waals surface area contributed by atoms with E-state index in [0.717, 1.165) is 6.07 Å². The van der Waals surface area contributed by atoms with Crippen LogP contribution in [0.5, 0.6) is 11.8 Å². The summed E-state index contributed by atoms with van der Waals surface area (Å²) >= 11 is 0. The average molecular weight is 438 g/mol. The number of anilines is 2. The van der Waals surface area contributed by atoms with Crippen molar-refractivity contribution in [3.05, 3.63) is 35.9 Å². The van der Waals surface area contributed by atoms with Crippen LogP contribution >= 0.6 is 0 Å². The second-order valence-corrected chi connectivity index (χ2v) is 8.28. The summed E-state index contributed by atoms with van der Waals surface area (Å²) < 4.78 is 35.2. The summed E-state index contributed by atoms with van der Waals surface area (Å²) in [6, 6.07) is 1.35. The molecule has 1 saturated heterocycles. The summed E-state index contributed by atoms with van der Waals surface area (Å²) in [6.07, 6.45) is 3.05. The van der Waals surface area contributed by atoms with Gasteiger partial charge in [0.1, 0.15) is 17.3 Å². The first-order valence-corrected chi connectivity index (χ1v) is 10.3. The van der Waals surface area contributed by atoms with Gasteiger partial charge in [-0.3, -0.25) is 0 Å². The molecule has 4 aromatic rings. The summed E-state index contributed by atoms with van der Waals surface area (Å²) in [6.45, 7) is 3.15. The van der Waals surface area contributed by atoms with Crippen LogP contribution in [0.2, 0.25) is 0 Å². The molecule has 4 heterocycles. The molecule has 0 unspecified atom stereocenters. The molecular weight excluding hydrogens is 418 g/mol. The van der Waals surface area contributed by atoms with Crippen LogP contribution in [-0.2, 0) is 0 Å². The van der Waals surface area contributed by atoms with Gasteiger partial charge in [-0.05, 0) is 18.8 Å². The fraction of sp³-hybridized carbons (Fsp3) is 0.333. The predicted molar refractivity (Wildman–Crippen MR) is 115 cm³/mol. The number of halogens is 2. The molecule has 0 radical (unpaired) electrons. The maximum absolute atomic E-state index is 15.0. The topological polar surface area (TPSA) is 118 Å². The summed E-state index contributed by atoms with van der Waals surface area (Å²) in [5.41, 5.74) is 7.28. The maximum Gasteiger partial charge on any atom is 0.326 e. The van der Waals surface area contributed by atoms with Crippen LogP contribution in [0.3, 0.4) is 0 Å². The number of nitrogens with two attached hydrogens (primary N) is 1. The van der Waals surface area contributed by atoms with Gasteiger partial charge in [-0.25, -0.2) is 18.7 Å². The Balaban J connectivity index is 1.56. The van der Waals surface area contributed by atoms with Crippen molar-refractivity contribution < 1.29 is 13.5 Å². The van der Waals surface area contributed by atoms with Crippen molar-refractivity contribution in [3.8, 4) is 11.8 Å². The van der Waals surface area contributed by atoms with E-state index in [2.05, 4.69) is 30.2 Å². The lowest BCUT2D eigenvalue weighted by molar-refractivity contribution is 0.439. The van der Waals surface area contributed by atoms with E-state index in [1.54, 1.807) is 14.0 Å². The van der Waals surface area contributed by atoms with Crippen LogP contribution in [0.4, 0.5) is 20.3 Å². The number of piperidine rings is 1. The zero-order valence-electron chi connectivity index (χ0n) is 17.4. The molecule has 11 heteroatoms. The van der Waals surface area contributed by atoms with Crippen molar-refractivity contribution in [3.63, 3.8) is 0 Å². The molecule has 2 fully saturated rings. The third kappa shape index (κ3) is 2.77. The van der Waals surface area contributed by atoms with Gasteiger partial charge in [-0.2, -0.15) is 9.97 Å². The Labute approximate surface area is 181 Å². The molecule has 0 amide bonds. The van der Waals surface area contributed by atoms with Gasteiger partial charge in [0.25, 0.3) is 0 Å². The third-order valence-corrected chi connectivity index (χ3v) is 6.38. The predicted octanol–water partition coefficient (Wildman–Crippen LogP) is 2.72. The van der Waals surface area contributed by atoms with Crippen LogP contribution in [0.1, 0.15) is 5.82 Å². The molecule has 4 N–H and O–H groups in total. The van der Waals surface area contributed by atoms with Crippen molar-refractivity contribution >= 4 is 33.4 Å². The lowest BCUT2D eigenvalue weighted by Gasteiger charge is -2.21. The number of nitrogens with zero attached hydrogens (tertiary/aromatic N) is 5. The molecule has 3 aromatic heterocycles. The molecule has 1 aliphatic heterocycles. The van der Waals surface area contributed by atoms with Gasteiger partial charge in [0.05, 0.1) is 34.4 Å². The molecule has 1 aliphatic carbocycles. The quantitative estimate of drug-likeness (QED) is 0.445. The van der Waals surface area contributed by atoms with Gasteiger partial charge in [-0.1, -0.05) is 0 Å². The lowest BCUT2D eigenvalue weighted by Crippen LogP contribution is -2.29. The van der Waals surface area contributed by atoms with Gasteiger partial charge in [0, 0.05) is 32.2 Å². The molecular formula is C21H20F2N8O. The number of aromatic nitrogens is 5. The van der Waals surface area contributed by atoms with E-state index in [9.17, 15) is 4.39 Å². The number of hydrogen-bond acceptors (Lipinski definition) is 8. The second-order valence-electron chi connectivity index (χ2n) is 8.28. The first-order chi connectivity index (χ1) is 15.4. The van der Waals surface area contributed by atoms with E-state index in [0.29, 0.717) is 64.6 Å². The normalized spacial score (nSPS) is 21.9. The standard InChI is InChI=1S/C21H20F2N8O/c1-8-26-4-9(5-27-8)32-21-29-19-15(20(30-21)31-6-10-11(7-31)17(10)24)14-16(23)12(22)3-13(25-2)18(14)28-19/h3-5,10-11,17,25H,6-7,24H2,1-2H3,(H,28,29,30)/t10-,11+,17+. The Kier molecular flexibility index (Phi) is 4.00. The first kappa shape index (κ1) is 19.1. The zero-order valence-corrected chi connectivity index (χ0v) is 17.4. The van der Waals surface area contributed by atoms with Crippen LogP contribution in [-0.4, -0.2) is 51.1 Å². The molecule has 164 valence electrons. The third-order valence-electron chi connectivity index (χ3n) is 6.38. The van der Waals surface area contributed by atoms with E-state index in [1.807, 2.05) is 4.90 Å². The highest BCUT2D eigenvalue weighted by atomic mass is 19.2. The molecule has 9 nitrogen and oxygen atoms in total. The minimum Gasteiger partial charge on any atom is -0.421 e. The number of fused-ring (bicyclic) bond motifs is 4. The summed E-state index contributed by atoms with van der Waals surface area (Å²) in [4.78, 5) is 22.4. The largest absolute Gasteiger partial charge is 0.421 e. The monoisotopic (exact) mass is 438 g/mol. The van der Waals surface area contributed by atoms with Crippen molar-refractivity contribution in [2.75, 3.05) is 30.4 Å². The molecule has 0 bridgehead atoms. The number of ether oxygens (including phenoxy) is 1. The minimum absolute atomic E-state index is 0.0586. The fourth-order valence-corrected chi connectivity index (χ4v) is 4.61. The van der Waals surface area contributed by atoms with Gasteiger partial charge in [-0.15, -0.1) is 0 Å². The average Bonchev–Trinajstić information content (AvgIpc) is 3.15. The molecule has 0 spiro atoms. The minimum atomic E-state index is -0.947. The number of aryl methyl sites for hydroxylation is 1. The van der Waals surface area contributed by atoms with Gasteiger partial charge >= 0.3 is 6.01 Å². The fourth-order valence-electron chi connectivity index (χ4n) is 4.61. The Bertz CT molecular complexity index is 1360. The van der Waals surface area contributed by atoms with Crippen LogP contribution in [0, 0.1) is 30.4 Å². The number of H-pyrrole nitrogens is 1. The maximum atomic E-state index is 15.0. The van der Waals surface area contributed by atoms with Gasteiger partial charge < -0.3 is 25.7 Å². The Morgan fingerprint density at radius 2 is 1.88 bits per heavy atom. The van der Waals surface area contributed by atoms with E-state index in [1.165, 1.54) is 12.4 Å². The van der Waals surface area contributed by atoms with Crippen molar-refractivity contribution in [1.29, 1.82) is 0 Å². The highest BCUT2D eigenvalue weighted by molar-refractivity contribution is 6.15. The van der Waals surface area contributed by atoms with E-state index in [4.69, 9.17) is 10.5 Å². The van der Waals surface area contributed by atoms with Crippen molar-refractivity contribution in [2.45, 2.75) is 13.0 Å². The van der Waals surface area contributed by atoms with Crippen LogP contribution in [0.15, 0.2) is 18.5 Å². The molecule has 6 rings (SSSR count). The molecule has 1 saturated carbocycles. The van der Waals surface area contributed by atoms with Crippen molar-refractivity contribution in [1.82, 2.24) is 24.9 Å². The number of hydrogen-bond donors (Lipinski definition) is 3. The number of rotatable bonds is 4. The number of benzene rings is 1.